The van der Waals surface area contributed by atoms with Crippen LogP contribution in [0.2, 0.25) is 5.02 Å². The molecule has 0 unspecified atom stereocenters. The van der Waals surface area contributed by atoms with Gasteiger partial charge in [-0.15, -0.1) is 0 Å². The Morgan fingerprint density at radius 2 is 1.67 bits per heavy atom. The summed E-state index contributed by atoms with van der Waals surface area (Å²) in [5.74, 6) is 1.04. The molecular formula is C25H25ClN4. The third-order valence-electron chi connectivity index (χ3n) is 5.99. The highest BCUT2D eigenvalue weighted by atomic mass is 35.5. The van der Waals surface area contributed by atoms with Crippen LogP contribution in [0, 0.1) is 6.92 Å². The van der Waals surface area contributed by atoms with Gasteiger partial charge in [0.05, 0.1) is 5.39 Å². The van der Waals surface area contributed by atoms with Gasteiger partial charge in [0.15, 0.2) is 5.65 Å². The molecular weight excluding hydrogens is 392 g/mol. The maximum Gasteiger partial charge on any atom is 0.150 e. The predicted molar refractivity (Wildman–Crippen MR) is 125 cm³/mol. The van der Waals surface area contributed by atoms with E-state index in [2.05, 4.69) is 58.1 Å². The summed E-state index contributed by atoms with van der Waals surface area (Å²) in [4.78, 5) is 11.9. The summed E-state index contributed by atoms with van der Waals surface area (Å²) in [5.41, 5.74) is 5.33. The lowest BCUT2D eigenvalue weighted by atomic mass is 10.1. The molecule has 1 aliphatic rings. The molecule has 0 atom stereocenters. The Morgan fingerprint density at radius 1 is 0.900 bits per heavy atom. The third kappa shape index (κ3) is 3.46. The molecule has 0 amide bonds. The zero-order chi connectivity index (χ0) is 20.5. The topological polar surface area (TPSA) is 34.0 Å². The first-order chi connectivity index (χ1) is 14.7. The minimum atomic E-state index is 0.761. The van der Waals surface area contributed by atoms with E-state index in [4.69, 9.17) is 21.6 Å². The molecule has 0 saturated carbocycles. The number of aryl methyl sites for hydroxylation is 1. The number of benzene rings is 2. The second kappa shape index (κ2) is 8.11. The van der Waals surface area contributed by atoms with Crippen molar-refractivity contribution >= 4 is 28.5 Å². The first-order valence-corrected chi connectivity index (χ1v) is 11.0. The zero-order valence-corrected chi connectivity index (χ0v) is 17.9. The molecule has 0 N–H and O–H groups in total. The Kier molecular flexibility index (Phi) is 5.17. The summed E-state index contributed by atoms with van der Waals surface area (Å²) in [6.45, 7) is 4.11. The van der Waals surface area contributed by atoms with E-state index in [-0.39, 0.29) is 0 Å². The second-order valence-electron chi connectivity index (χ2n) is 8.01. The maximum absolute atomic E-state index is 6.46. The summed E-state index contributed by atoms with van der Waals surface area (Å²) in [7, 11) is 0. The smallest absolute Gasteiger partial charge is 0.150 e. The molecule has 152 valence electrons. The maximum atomic E-state index is 6.46. The van der Waals surface area contributed by atoms with Crippen LogP contribution in [-0.4, -0.2) is 27.6 Å². The molecule has 2 aromatic carbocycles. The largest absolute Gasteiger partial charge is 0.356 e. The van der Waals surface area contributed by atoms with Crippen molar-refractivity contribution in [3.05, 3.63) is 71.6 Å². The minimum absolute atomic E-state index is 0.761. The van der Waals surface area contributed by atoms with Gasteiger partial charge in [0.1, 0.15) is 12.1 Å². The van der Waals surface area contributed by atoms with E-state index in [9.17, 15) is 0 Å². The Balaban J connectivity index is 1.76. The number of rotatable bonds is 3. The highest BCUT2D eigenvalue weighted by Crippen LogP contribution is 2.37. The van der Waals surface area contributed by atoms with Crippen molar-refractivity contribution in [2.45, 2.75) is 32.6 Å². The highest BCUT2D eigenvalue weighted by molar-refractivity contribution is 6.31. The van der Waals surface area contributed by atoms with Crippen LogP contribution in [0.3, 0.4) is 0 Å². The molecule has 1 saturated heterocycles. The van der Waals surface area contributed by atoms with E-state index >= 15 is 0 Å². The third-order valence-corrected chi connectivity index (χ3v) is 6.39. The molecule has 1 aliphatic heterocycles. The van der Waals surface area contributed by atoms with Gasteiger partial charge >= 0.3 is 0 Å². The number of fused-ring (bicyclic) bond motifs is 1. The van der Waals surface area contributed by atoms with Crippen LogP contribution in [0.15, 0.2) is 61.1 Å². The lowest BCUT2D eigenvalue weighted by Gasteiger charge is -2.22. The highest BCUT2D eigenvalue weighted by Gasteiger charge is 2.21. The molecule has 3 heterocycles. The quantitative estimate of drug-likeness (QED) is 0.386. The Morgan fingerprint density at radius 3 is 2.40 bits per heavy atom. The summed E-state index contributed by atoms with van der Waals surface area (Å²) >= 11 is 6.46. The van der Waals surface area contributed by atoms with Gasteiger partial charge in [0.25, 0.3) is 0 Å². The van der Waals surface area contributed by atoms with Crippen molar-refractivity contribution in [3.63, 3.8) is 0 Å². The van der Waals surface area contributed by atoms with Crippen molar-refractivity contribution < 1.29 is 0 Å². The van der Waals surface area contributed by atoms with Gasteiger partial charge < -0.3 is 9.47 Å². The average molecular weight is 417 g/mol. The molecule has 1 fully saturated rings. The van der Waals surface area contributed by atoms with Crippen molar-refractivity contribution in [3.8, 4) is 16.8 Å². The van der Waals surface area contributed by atoms with Gasteiger partial charge in [-0.2, -0.15) is 0 Å². The molecule has 0 aliphatic carbocycles. The SMILES string of the molecule is Cc1ccc(-n2cc(-c3ccccc3)c3c(N4CCCCCC4)ncnc32)cc1Cl. The lowest BCUT2D eigenvalue weighted by Crippen LogP contribution is -2.25. The molecule has 5 heteroatoms. The monoisotopic (exact) mass is 416 g/mol. The number of hydrogen-bond acceptors (Lipinski definition) is 3. The molecule has 30 heavy (non-hydrogen) atoms. The molecule has 4 aromatic rings. The van der Waals surface area contributed by atoms with Crippen LogP contribution >= 0.6 is 11.6 Å². The Labute approximate surface area is 182 Å². The van der Waals surface area contributed by atoms with Gasteiger partial charge in [-0.25, -0.2) is 9.97 Å². The number of hydrogen-bond donors (Lipinski definition) is 0. The Hall–Kier alpha value is -2.85. The molecule has 5 rings (SSSR count). The van der Waals surface area contributed by atoms with Crippen molar-refractivity contribution in [2.75, 3.05) is 18.0 Å². The van der Waals surface area contributed by atoms with Crippen LogP contribution in [0.5, 0.6) is 0 Å². The molecule has 2 aromatic heterocycles. The van der Waals surface area contributed by atoms with Gasteiger partial charge in [0.2, 0.25) is 0 Å². The fraction of sp³-hybridized carbons (Fsp3) is 0.280. The first kappa shape index (κ1) is 19.1. The summed E-state index contributed by atoms with van der Waals surface area (Å²) in [6.07, 6.45) is 8.87. The predicted octanol–water partition coefficient (Wildman–Crippen LogP) is 6.43. The number of nitrogens with zero attached hydrogens (tertiary/aromatic N) is 4. The standard InChI is InChI=1S/C25H25ClN4/c1-18-11-12-20(15-22(18)26)30-16-21(19-9-5-4-6-10-19)23-24(27-17-28-25(23)30)29-13-7-2-3-8-14-29/h4-6,9-12,15-17H,2-3,7-8,13-14H2,1H3. The van der Waals surface area contributed by atoms with E-state index < -0.39 is 0 Å². The van der Waals surface area contributed by atoms with Gasteiger partial charge in [0, 0.05) is 35.6 Å². The van der Waals surface area contributed by atoms with Gasteiger partial charge in [-0.05, 0) is 43.0 Å². The molecule has 4 nitrogen and oxygen atoms in total. The van der Waals surface area contributed by atoms with Crippen LogP contribution < -0.4 is 4.90 Å². The lowest BCUT2D eigenvalue weighted by molar-refractivity contribution is 0.726. The number of anilines is 1. The summed E-state index contributed by atoms with van der Waals surface area (Å²) in [5, 5.41) is 1.87. The van der Waals surface area contributed by atoms with Crippen molar-refractivity contribution in [1.29, 1.82) is 0 Å². The first-order valence-electron chi connectivity index (χ1n) is 10.7. The van der Waals surface area contributed by atoms with Crippen LogP contribution in [0.1, 0.15) is 31.2 Å². The van der Waals surface area contributed by atoms with Crippen LogP contribution in [0.4, 0.5) is 5.82 Å². The molecule has 0 spiro atoms. The van der Waals surface area contributed by atoms with Crippen molar-refractivity contribution in [2.24, 2.45) is 0 Å². The summed E-state index contributed by atoms with van der Waals surface area (Å²) in [6, 6.07) is 16.7. The summed E-state index contributed by atoms with van der Waals surface area (Å²) < 4.78 is 2.14. The fourth-order valence-electron chi connectivity index (χ4n) is 4.33. The van der Waals surface area contributed by atoms with Gasteiger partial charge in [-0.3, -0.25) is 0 Å². The zero-order valence-electron chi connectivity index (χ0n) is 17.2. The molecule has 0 bridgehead atoms. The Bertz CT molecular complexity index is 1170. The van der Waals surface area contributed by atoms with E-state index in [1.165, 1.54) is 31.2 Å². The normalized spacial score (nSPS) is 14.8. The number of halogens is 1. The van der Waals surface area contributed by atoms with E-state index in [1.807, 2.05) is 13.0 Å². The second-order valence-corrected chi connectivity index (χ2v) is 8.42. The van der Waals surface area contributed by atoms with Crippen LogP contribution in [0.25, 0.3) is 27.8 Å². The van der Waals surface area contributed by atoms with Crippen LogP contribution in [-0.2, 0) is 0 Å². The molecule has 0 radical (unpaired) electrons. The number of aromatic nitrogens is 3. The average Bonchev–Trinajstić information content (AvgIpc) is 2.96. The van der Waals surface area contributed by atoms with E-state index in [0.717, 1.165) is 51.8 Å². The fourth-order valence-corrected chi connectivity index (χ4v) is 4.51. The van der Waals surface area contributed by atoms with Crippen molar-refractivity contribution in [1.82, 2.24) is 14.5 Å². The van der Waals surface area contributed by atoms with E-state index in [1.54, 1.807) is 6.33 Å². The van der Waals surface area contributed by atoms with Gasteiger partial charge in [-0.1, -0.05) is 60.8 Å². The minimum Gasteiger partial charge on any atom is -0.356 e. The van der Waals surface area contributed by atoms with E-state index in [0.29, 0.717) is 0 Å².